The highest BCUT2D eigenvalue weighted by Gasteiger charge is 2.42. The summed E-state index contributed by atoms with van der Waals surface area (Å²) >= 11 is 0. The van der Waals surface area contributed by atoms with Gasteiger partial charge in [-0.2, -0.15) is 0 Å². The highest BCUT2D eigenvalue weighted by atomic mass is 16.4. The molecule has 3 heteroatoms. The van der Waals surface area contributed by atoms with Crippen LogP contribution >= 0.6 is 0 Å². The Balaban J connectivity index is 2.14. The lowest BCUT2D eigenvalue weighted by molar-refractivity contribution is -0.136. The summed E-state index contributed by atoms with van der Waals surface area (Å²) in [6, 6.07) is 7.80. The van der Waals surface area contributed by atoms with Gasteiger partial charge in [0.05, 0.1) is 6.42 Å². The number of nitrogens with two attached hydrogens (primary N) is 1. The van der Waals surface area contributed by atoms with E-state index in [4.69, 9.17) is 10.8 Å². The summed E-state index contributed by atoms with van der Waals surface area (Å²) in [5.41, 5.74) is 8.02. The van der Waals surface area contributed by atoms with E-state index >= 15 is 0 Å². The van der Waals surface area contributed by atoms with E-state index < -0.39 is 5.97 Å². The van der Waals surface area contributed by atoms with Gasteiger partial charge in [0, 0.05) is 12.0 Å². The van der Waals surface area contributed by atoms with Gasteiger partial charge in [-0.05, 0) is 24.0 Å². The quantitative estimate of drug-likeness (QED) is 0.778. The Labute approximate surface area is 88.9 Å². The van der Waals surface area contributed by atoms with E-state index in [1.54, 1.807) is 0 Å². The average molecular weight is 205 g/mol. The molecular formula is C12H15NO2. The van der Waals surface area contributed by atoms with Crippen molar-refractivity contribution in [2.45, 2.75) is 24.7 Å². The minimum atomic E-state index is -0.789. The molecule has 0 spiro atoms. The molecular weight excluding hydrogens is 190 g/mol. The van der Waals surface area contributed by atoms with Gasteiger partial charge in [0.15, 0.2) is 0 Å². The van der Waals surface area contributed by atoms with Gasteiger partial charge in [-0.25, -0.2) is 0 Å². The third-order valence-electron chi connectivity index (χ3n) is 3.17. The van der Waals surface area contributed by atoms with Crippen molar-refractivity contribution in [3.05, 3.63) is 35.4 Å². The molecule has 0 aromatic heterocycles. The lowest BCUT2D eigenvalue weighted by Crippen LogP contribution is -2.19. The fraction of sp³-hybridized carbons (Fsp3) is 0.417. The van der Waals surface area contributed by atoms with E-state index in [2.05, 4.69) is 0 Å². The van der Waals surface area contributed by atoms with Crippen LogP contribution in [-0.4, -0.2) is 17.6 Å². The number of carboxylic acids is 1. The van der Waals surface area contributed by atoms with Gasteiger partial charge in [-0.3, -0.25) is 4.79 Å². The zero-order valence-corrected chi connectivity index (χ0v) is 8.57. The molecule has 1 fully saturated rings. The topological polar surface area (TPSA) is 63.3 Å². The summed E-state index contributed by atoms with van der Waals surface area (Å²) in [4.78, 5) is 10.5. The monoisotopic (exact) mass is 205 g/mol. The van der Waals surface area contributed by atoms with Gasteiger partial charge in [0.1, 0.15) is 0 Å². The first kappa shape index (κ1) is 10.2. The van der Waals surface area contributed by atoms with Crippen molar-refractivity contribution in [1.82, 2.24) is 0 Å². The number of hydrogen-bond donors (Lipinski definition) is 2. The Morgan fingerprint density at radius 2 is 1.93 bits per heavy atom. The van der Waals surface area contributed by atoms with Gasteiger partial charge >= 0.3 is 5.97 Å². The second-order valence-electron chi connectivity index (χ2n) is 4.25. The van der Waals surface area contributed by atoms with Crippen molar-refractivity contribution >= 4 is 5.97 Å². The lowest BCUT2D eigenvalue weighted by Gasteiger charge is -2.12. The van der Waals surface area contributed by atoms with Crippen molar-refractivity contribution in [2.75, 3.05) is 6.54 Å². The molecule has 1 aliphatic carbocycles. The van der Waals surface area contributed by atoms with Crippen LogP contribution in [0.4, 0.5) is 0 Å². The molecule has 0 bridgehead atoms. The molecule has 0 saturated heterocycles. The summed E-state index contributed by atoms with van der Waals surface area (Å²) in [6.45, 7) is 0.686. The van der Waals surface area contributed by atoms with Gasteiger partial charge in [-0.15, -0.1) is 0 Å². The number of aliphatic carboxylic acids is 1. The SMILES string of the molecule is NCC1(c2ccc(CC(=O)O)cc2)CC1. The summed E-state index contributed by atoms with van der Waals surface area (Å²) in [5.74, 6) is -0.789. The fourth-order valence-electron chi connectivity index (χ4n) is 1.91. The molecule has 1 aliphatic rings. The van der Waals surface area contributed by atoms with Gasteiger partial charge in [0.25, 0.3) is 0 Å². The number of carbonyl (C=O) groups is 1. The zero-order chi connectivity index (χ0) is 10.9. The van der Waals surface area contributed by atoms with E-state index in [-0.39, 0.29) is 11.8 Å². The molecule has 0 unspecified atom stereocenters. The van der Waals surface area contributed by atoms with E-state index in [0.717, 1.165) is 18.4 Å². The normalized spacial score (nSPS) is 17.4. The van der Waals surface area contributed by atoms with Crippen LogP contribution < -0.4 is 5.73 Å². The maximum atomic E-state index is 10.5. The third kappa shape index (κ3) is 2.02. The Morgan fingerprint density at radius 1 is 1.33 bits per heavy atom. The maximum absolute atomic E-state index is 10.5. The number of benzene rings is 1. The molecule has 80 valence electrons. The molecule has 0 heterocycles. The van der Waals surface area contributed by atoms with Gasteiger partial charge in [-0.1, -0.05) is 24.3 Å². The molecule has 1 aromatic carbocycles. The van der Waals surface area contributed by atoms with Gasteiger partial charge in [0.2, 0.25) is 0 Å². The van der Waals surface area contributed by atoms with Crippen LogP contribution in [-0.2, 0) is 16.6 Å². The van der Waals surface area contributed by atoms with Crippen LogP contribution in [0, 0.1) is 0 Å². The van der Waals surface area contributed by atoms with Crippen LogP contribution in [0.15, 0.2) is 24.3 Å². The average Bonchev–Trinajstić information content (AvgIpc) is 2.99. The van der Waals surface area contributed by atoms with Crippen molar-refractivity contribution < 1.29 is 9.90 Å². The molecule has 0 aliphatic heterocycles. The smallest absolute Gasteiger partial charge is 0.307 e. The van der Waals surface area contributed by atoms with E-state index in [1.807, 2.05) is 24.3 Å². The molecule has 0 atom stereocenters. The van der Waals surface area contributed by atoms with Crippen molar-refractivity contribution in [2.24, 2.45) is 5.73 Å². The van der Waals surface area contributed by atoms with Crippen LogP contribution in [0.1, 0.15) is 24.0 Å². The lowest BCUT2D eigenvalue weighted by atomic mass is 9.95. The third-order valence-corrected chi connectivity index (χ3v) is 3.17. The minimum absolute atomic E-state index is 0.0932. The first-order valence-corrected chi connectivity index (χ1v) is 5.18. The summed E-state index contributed by atoms with van der Waals surface area (Å²) in [7, 11) is 0. The number of hydrogen-bond acceptors (Lipinski definition) is 2. The van der Waals surface area contributed by atoms with Crippen molar-refractivity contribution in [3.63, 3.8) is 0 Å². The first-order chi connectivity index (χ1) is 7.16. The highest BCUT2D eigenvalue weighted by Crippen LogP contribution is 2.47. The Bertz CT molecular complexity index is 366. The predicted octanol–water partition coefficient (Wildman–Crippen LogP) is 1.30. The largest absolute Gasteiger partial charge is 0.481 e. The van der Waals surface area contributed by atoms with Crippen LogP contribution in [0.25, 0.3) is 0 Å². The molecule has 2 rings (SSSR count). The molecule has 0 radical (unpaired) electrons. The van der Waals surface area contributed by atoms with E-state index in [9.17, 15) is 4.79 Å². The van der Waals surface area contributed by atoms with E-state index in [0.29, 0.717) is 6.54 Å². The summed E-state index contributed by atoms with van der Waals surface area (Å²) in [6.07, 6.45) is 2.40. The van der Waals surface area contributed by atoms with Crippen LogP contribution in [0.3, 0.4) is 0 Å². The molecule has 1 saturated carbocycles. The van der Waals surface area contributed by atoms with Crippen molar-refractivity contribution in [1.29, 1.82) is 0 Å². The number of carboxylic acid groups (broad SMARTS) is 1. The second-order valence-corrected chi connectivity index (χ2v) is 4.25. The van der Waals surface area contributed by atoms with Crippen LogP contribution in [0.2, 0.25) is 0 Å². The molecule has 3 nitrogen and oxygen atoms in total. The predicted molar refractivity (Wildman–Crippen MR) is 57.7 cm³/mol. The van der Waals surface area contributed by atoms with E-state index in [1.165, 1.54) is 5.56 Å². The standard InChI is InChI=1S/C12H15NO2/c13-8-12(5-6-12)10-3-1-9(2-4-10)7-11(14)15/h1-4H,5-8,13H2,(H,14,15). The zero-order valence-electron chi connectivity index (χ0n) is 8.57. The summed E-state index contributed by atoms with van der Waals surface area (Å²) in [5, 5.41) is 8.63. The maximum Gasteiger partial charge on any atom is 0.307 e. The number of rotatable bonds is 4. The Kier molecular flexibility index (Phi) is 2.49. The highest BCUT2D eigenvalue weighted by molar-refractivity contribution is 5.70. The molecule has 1 aromatic rings. The second kappa shape index (κ2) is 3.66. The van der Waals surface area contributed by atoms with Gasteiger partial charge < -0.3 is 10.8 Å². The molecule has 15 heavy (non-hydrogen) atoms. The fourth-order valence-corrected chi connectivity index (χ4v) is 1.91. The van der Waals surface area contributed by atoms with Crippen LogP contribution in [0.5, 0.6) is 0 Å². The molecule has 3 N–H and O–H groups in total. The van der Waals surface area contributed by atoms with Crippen molar-refractivity contribution in [3.8, 4) is 0 Å². The Hall–Kier alpha value is -1.35. The molecule has 0 amide bonds. The summed E-state index contributed by atoms with van der Waals surface area (Å²) < 4.78 is 0. The Morgan fingerprint density at radius 3 is 2.33 bits per heavy atom. The minimum Gasteiger partial charge on any atom is -0.481 e. The first-order valence-electron chi connectivity index (χ1n) is 5.18.